The van der Waals surface area contributed by atoms with Crippen molar-refractivity contribution in [1.82, 2.24) is 24.7 Å². The number of carbonyl (C=O) groups excluding carboxylic acids is 1. The van der Waals surface area contributed by atoms with Crippen molar-refractivity contribution in [2.45, 2.75) is 77.9 Å². The highest BCUT2D eigenvalue weighted by molar-refractivity contribution is 5.71. The number of rotatable bonds is 8. The molecule has 186 valence electrons. The number of pyridine rings is 1. The summed E-state index contributed by atoms with van der Waals surface area (Å²) in [4.78, 5) is 25.8. The van der Waals surface area contributed by atoms with Crippen molar-refractivity contribution < 1.29 is 13.9 Å². The molecule has 0 aromatic carbocycles. The van der Waals surface area contributed by atoms with E-state index in [0.717, 1.165) is 37.3 Å². The van der Waals surface area contributed by atoms with Crippen LogP contribution in [0.3, 0.4) is 0 Å². The van der Waals surface area contributed by atoms with Crippen LogP contribution in [0.1, 0.15) is 74.4 Å². The summed E-state index contributed by atoms with van der Waals surface area (Å²) in [5.41, 5.74) is 2.65. The molecule has 1 aliphatic rings. The average Bonchev–Trinajstić information content (AvgIpc) is 3.17. The maximum absolute atomic E-state index is 14.9. The molecule has 0 aliphatic carbocycles. The molecule has 0 bridgehead atoms. The zero-order valence-electron chi connectivity index (χ0n) is 20.8. The van der Waals surface area contributed by atoms with Crippen LogP contribution in [0.4, 0.5) is 10.2 Å². The molecule has 3 aromatic heterocycles. The van der Waals surface area contributed by atoms with Crippen LogP contribution < -0.4 is 5.32 Å². The van der Waals surface area contributed by atoms with E-state index in [4.69, 9.17) is 9.72 Å². The molecule has 0 saturated heterocycles. The largest absolute Gasteiger partial charge is 0.460 e. The fraction of sp³-hybridized carbons (Fsp3) is 0.500. The van der Waals surface area contributed by atoms with Gasteiger partial charge < -0.3 is 10.1 Å². The van der Waals surface area contributed by atoms with E-state index >= 15 is 0 Å². The Morgan fingerprint density at radius 1 is 1.23 bits per heavy atom. The topological polar surface area (TPSA) is 94.8 Å². The molecule has 1 N–H and O–H groups in total. The maximum atomic E-state index is 14.9. The van der Waals surface area contributed by atoms with Gasteiger partial charge in [0.1, 0.15) is 17.2 Å². The summed E-state index contributed by atoms with van der Waals surface area (Å²) in [6.07, 6.45) is 8.71. The van der Waals surface area contributed by atoms with Gasteiger partial charge in [0, 0.05) is 30.2 Å². The number of esters is 1. The van der Waals surface area contributed by atoms with E-state index in [0.29, 0.717) is 29.9 Å². The average molecular weight is 481 g/mol. The number of hydrogen-bond acceptors (Lipinski definition) is 7. The first-order valence-corrected chi connectivity index (χ1v) is 12.1. The molecule has 0 fully saturated rings. The minimum atomic E-state index is -0.619. The summed E-state index contributed by atoms with van der Waals surface area (Å²) in [7, 11) is 0. The number of anilines is 1. The summed E-state index contributed by atoms with van der Waals surface area (Å²) in [6.45, 7) is 8.17. The standard InChI is InChI=1S/C26H33FN6O2/c1-17-29-14-19(15-30-17)23(13-24(34)35-26(2,3)4)33-16-21(27)22(32-33)9-5-8-20-11-10-18-7-6-12-28-25(18)31-20/h10-11,14-16,23H,5-9,12-13H2,1-4H3,(H,28,31)/t23-/m1/s1. The highest BCUT2D eigenvalue weighted by Crippen LogP contribution is 2.25. The lowest BCUT2D eigenvalue weighted by molar-refractivity contribution is -0.155. The second kappa shape index (κ2) is 10.5. The first-order chi connectivity index (χ1) is 16.7. The van der Waals surface area contributed by atoms with Crippen molar-refractivity contribution >= 4 is 11.8 Å². The van der Waals surface area contributed by atoms with E-state index in [9.17, 15) is 9.18 Å². The van der Waals surface area contributed by atoms with Crippen LogP contribution in [0, 0.1) is 12.7 Å². The van der Waals surface area contributed by atoms with Gasteiger partial charge in [0.2, 0.25) is 0 Å². The van der Waals surface area contributed by atoms with E-state index < -0.39 is 23.4 Å². The van der Waals surface area contributed by atoms with Gasteiger partial charge in [-0.1, -0.05) is 6.07 Å². The summed E-state index contributed by atoms with van der Waals surface area (Å²) < 4.78 is 21.8. The van der Waals surface area contributed by atoms with E-state index in [1.807, 2.05) is 20.8 Å². The molecule has 0 spiro atoms. The number of fused-ring (bicyclic) bond motifs is 1. The number of hydrogen-bond donors (Lipinski definition) is 1. The quantitative estimate of drug-likeness (QED) is 0.478. The lowest BCUT2D eigenvalue weighted by atomic mass is 10.1. The van der Waals surface area contributed by atoms with Gasteiger partial charge in [-0.15, -0.1) is 0 Å². The van der Waals surface area contributed by atoms with Crippen molar-refractivity contribution in [2.24, 2.45) is 0 Å². The number of halogens is 1. The van der Waals surface area contributed by atoms with E-state index in [-0.39, 0.29) is 6.42 Å². The predicted molar refractivity (Wildman–Crippen MR) is 131 cm³/mol. The van der Waals surface area contributed by atoms with Crippen LogP contribution in [0.25, 0.3) is 0 Å². The minimum Gasteiger partial charge on any atom is -0.460 e. The molecule has 3 aromatic rings. The summed E-state index contributed by atoms with van der Waals surface area (Å²) in [6, 6.07) is 3.61. The van der Waals surface area contributed by atoms with Gasteiger partial charge in [0.25, 0.3) is 0 Å². The molecule has 0 unspecified atom stereocenters. The maximum Gasteiger partial charge on any atom is 0.308 e. The highest BCUT2D eigenvalue weighted by atomic mass is 19.1. The van der Waals surface area contributed by atoms with Gasteiger partial charge in [0.15, 0.2) is 5.82 Å². The smallest absolute Gasteiger partial charge is 0.308 e. The summed E-state index contributed by atoms with van der Waals surface area (Å²) in [5, 5.41) is 7.86. The van der Waals surface area contributed by atoms with Gasteiger partial charge in [-0.05, 0) is 71.4 Å². The van der Waals surface area contributed by atoms with Crippen LogP contribution >= 0.6 is 0 Å². The molecule has 9 heteroatoms. The number of nitrogens with one attached hydrogen (secondary N) is 1. The molecular formula is C26H33FN6O2. The van der Waals surface area contributed by atoms with Crippen LogP contribution in [-0.4, -0.2) is 42.8 Å². The Kier molecular flexibility index (Phi) is 7.42. The fourth-order valence-corrected chi connectivity index (χ4v) is 4.16. The second-order valence-corrected chi connectivity index (χ2v) is 9.97. The molecule has 1 atom stereocenters. The summed E-state index contributed by atoms with van der Waals surface area (Å²) in [5.74, 6) is 0.789. The fourth-order valence-electron chi connectivity index (χ4n) is 4.16. The molecule has 0 saturated carbocycles. The third kappa shape index (κ3) is 6.61. The summed E-state index contributed by atoms with van der Waals surface area (Å²) >= 11 is 0. The minimum absolute atomic E-state index is 0.00367. The van der Waals surface area contributed by atoms with E-state index in [2.05, 4.69) is 32.5 Å². The number of nitrogens with zero attached hydrogens (tertiary/aromatic N) is 5. The Hall–Kier alpha value is -3.36. The van der Waals surface area contributed by atoms with Crippen LogP contribution in [0.2, 0.25) is 0 Å². The molecule has 8 nitrogen and oxygen atoms in total. The predicted octanol–water partition coefficient (Wildman–Crippen LogP) is 4.37. The Balaban J connectivity index is 1.46. The monoisotopic (exact) mass is 480 g/mol. The zero-order valence-corrected chi connectivity index (χ0v) is 20.8. The number of aromatic nitrogens is 5. The van der Waals surface area contributed by atoms with E-state index in [1.54, 1.807) is 19.3 Å². The van der Waals surface area contributed by atoms with Crippen LogP contribution in [0.5, 0.6) is 0 Å². The molecule has 0 amide bonds. The zero-order chi connectivity index (χ0) is 25.0. The third-order valence-electron chi connectivity index (χ3n) is 5.84. The second-order valence-electron chi connectivity index (χ2n) is 9.97. The van der Waals surface area contributed by atoms with Crippen molar-refractivity contribution in [2.75, 3.05) is 11.9 Å². The number of carbonyl (C=O) groups is 1. The number of ether oxygens (including phenoxy) is 1. The molecule has 4 heterocycles. The Morgan fingerprint density at radius 3 is 2.74 bits per heavy atom. The van der Waals surface area contributed by atoms with Gasteiger partial charge in [-0.2, -0.15) is 5.10 Å². The molecule has 4 rings (SSSR count). The third-order valence-corrected chi connectivity index (χ3v) is 5.84. The van der Waals surface area contributed by atoms with Gasteiger partial charge in [-0.3, -0.25) is 9.48 Å². The van der Waals surface area contributed by atoms with Crippen molar-refractivity contribution in [3.63, 3.8) is 0 Å². The highest BCUT2D eigenvalue weighted by Gasteiger charge is 2.25. The van der Waals surface area contributed by atoms with Crippen molar-refractivity contribution in [3.05, 3.63) is 64.9 Å². The normalized spacial score (nSPS) is 14.2. The Bertz CT molecular complexity index is 1170. The number of aryl methyl sites for hydroxylation is 4. The van der Waals surface area contributed by atoms with Crippen LogP contribution in [0.15, 0.2) is 30.7 Å². The van der Waals surface area contributed by atoms with Crippen LogP contribution in [-0.2, 0) is 28.8 Å². The first kappa shape index (κ1) is 24.8. The van der Waals surface area contributed by atoms with E-state index in [1.165, 1.54) is 16.4 Å². The first-order valence-electron chi connectivity index (χ1n) is 12.1. The van der Waals surface area contributed by atoms with Crippen molar-refractivity contribution in [1.29, 1.82) is 0 Å². The SMILES string of the molecule is Cc1ncc([C@@H](CC(=O)OC(C)(C)C)n2cc(F)c(CCCc3ccc4c(n3)NCCC4)n2)cn1. The molecule has 35 heavy (non-hydrogen) atoms. The Morgan fingerprint density at radius 2 is 2.00 bits per heavy atom. The van der Waals surface area contributed by atoms with Gasteiger partial charge in [0.05, 0.1) is 24.4 Å². The molecule has 0 radical (unpaired) electrons. The van der Waals surface area contributed by atoms with Gasteiger partial charge >= 0.3 is 5.97 Å². The van der Waals surface area contributed by atoms with Crippen molar-refractivity contribution in [3.8, 4) is 0 Å². The lowest BCUT2D eigenvalue weighted by Crippen LogP contribution is -2.26. The van der Waals surface area contributed by atoms with Gasteiger partial charge in [-0.25, -0.2) is 19.3 Å². The molecule has 1 aliphatic heterocycles. The molecular weight excluding hydrogens is 447 g/mol. The lowest BCUT2D eigenvalue weighted by Gasteiger charge is -2.22. The Labute approximate surface area is 205 Å².